The molecular formula is C10H12N4O2. The predicted molar refractivity (Wildman–Crippen MR) is 57.1 cm³/mol. The van der Waals surface area contributed by atoms with Crippen LogP contribution >= 0.6 is 0 Å². The number of aliphatic hydroxyl groups excluding tert-OH is 1. The predicted octanol–water partition coefficient (Wildman–Crippen LogP) is -0.00890. The summed E-state index contributed by atoms with van der Waals surface area (Å²) in [4.78, 5) is 22.9. The van der Waals surface area contributed by atoms with E-state index in [2.05, 4.69) is 15.0 Å². The van der Waals surface area contributed by atoms with Gasteiger partial charge in [0.2, 0.25) is 0 Å². The fourth-order valence-corrected chi connectivity index (χ4v) is 2.23. The van der Waals surface area contributed by atoms with Crippen molar-refractivity contribution in [2.24, 2.45) is 0 Å². The lowest BCUT2D eigenvalue weighted by Crippen LogP contribution is -2.49. The number of H-pyrrole nitrogens is 1. The van der Waals surface area contributed by atoms with Crippen LogP contribution in [0.5, 0.6) is 0 Å². The van der Waals surface area contributed by atoms with Gasteiger partial charge in [-0.3, -0.25) is 9.36 Å². The van der Waals surface area contributed by atoms with Crippen LogP contribution in [0.2, 0.25) is 0 Å². The summed E-state index contributed by atoms with van der Waals surface area (Å²) >= 11 is 0. The Bertz CT molecular complexity index is 576. The average Bonchev–Trinajstić information content (AvgIpc) is 2.69. The fraction of sp³-hybridized carbons (Fsp3) is 0.500. The molecular weight excluding hydrogens is 208 g/mol. The number of imidazole rings is 1. The number of rotatable bonds is 2. The molecule has 0 amide bonds. The largest absolute Gasteiger partial charge is 0.394 e. The second-order valence-corrected chi connectivity index (χ2v) is 4.26. The molecule has 0 bridgehead atoms. The van der Waals surface area contributed by atoms with Gasteiger partial charge in [0.15, 0.2) is 11.2 Å². The summed E-state index contributed by atoms with van der Waals surface area (Å²) < 4.78 is 1.54. The standard InChI is InChI=1S/C10H12N4O2/c15-4-10(2-1-3-10)14-6-13-8-7(9(14)16)11-5-12-8/h5-6,15H,1-4H2,(H,11,12). The lowest BCUT2D eigenvalue weighted by molar-refractivity contribution is 0.0515. The first kappa shape index (κ1) is 9.53. The SMILES string of the molecule is O=c1c2[nH]cnc2ncn1C1(CO)CCC1. The van der Waals surface area contributed by atoms with Crippen LogP contribution < -0.4 is 5.56 Å². The Balaban J connectivity index is 2.24. The highest BCUT2D eigenvalue weighted by molar-refractivity contribution is 5.67. The maximum atomic E-state index is 12.1. The van der Waals surface area contributed by atoms with Crippen LogP contribution in [0, 0.1) is 0 Å². The van der Waals surface area contributed by atoms with Gasteiger partial charge in [-0.1, -0.05) is 0 Å². The number of aliphatic hydroxyl groups is 1. The highest BCUT2D eigenvalue weighted by Gasteiger charge is 2.39. The molecule has 0 atom stereocenters. The van der Waals surface area contributed by atoms with Crippen molar-refractivity contribution in [3.63, 3.8) is 0 Å². The number of nitrogens with zero attached hydrogens (tertiary/aromatic N) is 3. The summed E-state index contributed by atoms with van der Waals surface area (Å²) in [7, 11) is 0. The van der Waals surface area contributed by atoms with Crippen molar-refractivity contribution in [1.29, 1.82) is 0 Å². The molecule has 0 spiro atoms. The molecule has 1 aliphatic rings. The van der Waals surface area contributed by atoms with Gasteiger partial charge in [-0.05, 0) is 19.3 Å². The van der Waals surface area contributed by atoms with Crippen molar-refractivity contribution in [3.05, 3.63) is 23.0 Å². The molecule has 2 N–H and O–H groups in total. The molecule has 1 saturated carbocycles. The molecule has 1 fully saturated rings. The molecule has 2 aromatic rings. The molecule has 3 rings (SSSR count). The van der Waals surface area contributed by atoms with E-state index in [-0.39, 0.29) is 12.2 Å². The van der Waals surface area contributed by atoms with Crippen LogP contribution in [0.25, 0.3) is 11.2 Å². The van der Waals surface area contributed by atoms with Crippen LogP contribution in [0.15, 0.2) is 17.4 Å². The molecule has 2 heterocycles. The van der Waals surface area contributed by atoms with Crippen molar-refractivity contribution in [2.75, 3.05) is 6.61 Å². The van der Waals surface area contributed by atoms with Crippen molar-refractivity contribution < 1.29 is 5.11 Å². The van der Waals surface area contributed by atoms with E-state index >= 15 is 0 Å². The van der Waals surface area contributed by atoms with E-state index in [4.69, 9.17) is 0 Å². The van der Waals surface area contributed by atoms with Gasteiger partial charge in [-0.25, -0.2) is 9.97 Å². The summed E-state index contributed by atoms with van der Waals surface area (Å²) in [5, 5.41) is 9.42. The van der Waals surface area contributed by atoms with E-state index in [9.17, 15) is 9.90 Å². The Morgan fingerprint density at radius 3 is 2.94 bits per heavy atom. The van der Waals surface area contributed by atoms with Crippen LogP contribution in [-0.4, -0.2) is 31.2 Å². The lowest BCUT2D eigenvalue weighted by Gasteiger charge is -2.41. The van der Waals surface area contributed by atoms with E-state index in [0.29, 0.717) is 11.2 Å². The third-order valence-corrected chi connectivity index (χ3v) is 3.44. The summed E-state index contributed by atoms with van der Waals surface area (Å²) in [6, 6.07) is 0. The van der Waals surface area contributed by atoms with E-state index in [1.165, 1.54) is 17.2 Å². The lowest BCUT2D eigenvalue weighted by atomic mass is 9.77. The highest BCUT2D eigenvalue weighted by atomic mass is 16.3. The van der Waals surface area contributed by atoms with Crippen LogP contribution in [-0.2, 0) is 5.54 Å². The van der Waals surface area contributed by atoms with Crippen LogP contribution in [0.4, 0.5) is 0 Å². The van der Waals surface area contributed by atoms with Gasteiger partial charge < -0.3 is 10.1 Å². The number of hydrogen-bond acceptors (Lipinski definition) is 4. The van der Waals surface area contributed by atoms with E-state index in [0.717, 1.165) is 19.3 Å². The van der Waals surface area contributed by atoms with Crippen LogP contribution in [0.3, 0.4) is 0 Å². The van der Waals surface area contributed by atoms with Gasteiger partial charge in [0, 0.05) is 0 Å². The number of aromatic nitrogens is 4. The van der Waals surface area contributed by atoms with Crippen molar-refractivity contribution in [3.8, 4) is 0 Å². The van der Waals surface area contributed by atoms with Crippen molar-refractivity contribution in [1.82, 2.24) is 19.5 Å². The second kappa shape index (κ2) is 3.15. The Labute approximate surface area is 91.0 Å². The van der Waals surface area contributed by atoms with E-state index < -0.39 is 5.54 Å². The van der Waals surface area contributed by atoms with E-state index in [1.807, 2.05) is 0 Å². The fourth-order valence-electron chi connectivity index (χ4n) is 2.23. The second-order valence-electron chi connectivity index (χ2n) is 4.26. The summed E-state index contributed by atoms with van der Waals surface area (Å²) in [6.45, 7) is -0.0196. The minimum atomic E-state index is -0.441. The van der Waals surface area contributed by atoms with Gasteiger partial charge >= 0.3 is 0 Å². The van der Waals surface area contributed by atoms with Crippen molar-refractivity contribution >= 4 is 11.2 Å². The Morgan fingerprint density at radius 2 is 2.31 bits per heavy atom. The minimum absolute atomic E-state index is 0.0196. The molecule has 0 aliphatic heterocycles. The molecule has 84 valence electrons. The number of nitrogens with one attached hydrogen (secondary N) is 1. The zero-order chi connectivity index (χ0) is 11.2. The molecule has 16 heavy (non-hydrogen) atoms. The van der Waals surface area contributed by atoms with Gasteiger partial charge in [-0.15, -0.1) is 0 Å². The summed E-state index contributed by atoms with van der Waals surface area (Å²) in [5.74, 6) is 0. The molecule has 6 nitrogen and oxygen atoms in total. The molecule has 2 aromatic heterocycles. The Hall–Kier alpha value is -1.69. The van der Waals surface area contributed by atoms with Crippen molar-refractivity contribution in [2.45, 2.75) is 24.8 Å². The first-order chi connectivity index (χ1) is 7.77. The summed E-state index contributed by atoms with van der Waals surface area (Å²) in [5.41, 5.74) is 0.232. The highest BCUT2D eigenvalue weighted by Crippen LogP contribution is 2.37. The number of hydrogen-bond donors (Lipinski definition) is 2. The summed E-state index contributed by atoms with van der Waals surface area (Å²) in [6.07, 6.45) is 5.63. The number of aromatic amines is 1. The zero-order valence-electron chi connectivity index (χ0n) is 8.68. The Kier molecular flexibility index (Phi) is 1.88. The third kappa shape index (κ3) is 1.07. The first-order valence-electron chi connectivity index (χ1n) is 5.29. The Morgan fingerprint density at radius 1 is 1.50 bits per heavy atom. The third-order valence-electron chi connectivity index (χ3n) is 3.44. The molecule has 0 aromatic carbocycles. The van der Waals surface area contributed by atoms with Gasteiger partial charge in [0.25, 0.3) is 5.56 Å². The number of fused-ring (bicyclic) bond motifs is 1. The first-order valence-corrected chi connectivity index (χ1v) is 5.29. The molecule has 0 unspecified atom stereocenters. The average molecular weight is 220 g/mol. The maximum Gasteiger partial charge on any atom is 0.279 e. The quantitative estimate of drug-likeness (QED) is 0.745. The van der Waals surface area contributed by atoms with E-state index in [1.54, 1.807) is 0 Å². The monoisotopic (exact) mass is 220 g/mol. The molecule has 0 radical (unpaired) electrons. The maximum absolute atomic E-state index is 12.1. The van der Waals surface area contributed by atoms with Gasteiger partial charge in [0.05, 0.1) is 18.5 Å². The molecule has 0 saturated heterocycles. The topological polar surface area (TPSA) is 83.8 Å². The zero-order valence-corrected chi connectivity index (χ0v) is 8.68. The van der Waals surface area contributed by atoms with Gasteiger partial charge in [0.1, 0.15) is 6.33 Å². The molecule has 6 heteroatoms. The molecule has 1 aliphatic carbocycles. The van der Waals surface area contributed by atoms with Gasteiger partial charge in [-0.2, -0.15) is 0 Å². The normalized spacial score (nSPS) is 18.6. The van der Waals surface area contributed by atoms with Crippen LogP contribution in [0.1, 0.15) is 19.3 Å². The minimum Gasteiger partial charge on any atom is -0.394 e. The smallest absolute Gasteiger partial charge is 0.279 e.